The van der Waals surface area contributed by atoms with Crippen molar-refractivity contribution in [1.82, 2.24) is 20.4 Å². The van der Waals surface area contributed by atoms with Gasteiger partial charge in [0.1, 0.15) is 5.82 Å². The average molecular weight is 473 g/mol. The molecular formula is C26H37FN4O3. The lowest BCUT2D eigenvalue weighted by atomic mass is 9.95. The first-order chi connectivity index (χ1) is 16.5. The Labute approximate surface area is 201 Å². The van der Waals surface area contributed by atoms with E-state index < -0.39 is 0 Å². The fraction of sp³-hybridized carbons (Fsp3) is 0.654. The molecule has 7 nitrogen and oxygen atoms in total. The smallest absolute Gasteiger partial charge is 0.317 e. The molecule has 0 radical (unpaired) electrons. The summed E-state index contributed by atoms with van der Waals surface area (Å²) >= 11 is 0. The normalized spacial score (nSPS) is 22.3. The minimum Gasteiger partial charge on any atom is -0.353 e. The van der Waals surface area contributed by atoms with Crippen LogP contribution in [-0.2, 0) is 16.0 Å². The van der Waals surface area contributed by atoms with Crippen molar-refractivity contribution in [2.45, 2.75) is 76.3 Å². The fourth-order valence-corrected chi connectivity index (χ4v) is 5.37. The van der Waals surface area contributed by atoms with Crippen LogP contribution in [0.2, 0.25) is 0 Å². The lowest BCUT2D eigenvalue weighted by Gasteiger charge is -2.36. The molecule has 8 heteroatoms. The molecule has 1 aromatic carbocycles. The topological polar surface area (TPSA) is 81.8 Å². The van der Waals surface area contributed by atoms with Crippen LogP contribution in [0, 0.1) is 11.7 Å². The number of benzene rings is 1. The summed E-state index contributed by atoms with van der Waals surface area (Å²) in [5.41, 5.74) is 0.775. The third-order valence-corrected chi connectivity index (χ3v) is 7.47. The second-order valence-corrected chi connectivity index (χ2v) is 10.0. The Bertz CT molecular complexity index is 848. The van der Waals surface area contributed by atoms with Gasteiger partial charge in [0.15, 0.2) is 0 Å². The van der Waals surface area contributed by atoms with E-state index in [4.69, 9.17) is 0 Å². The molecule has 1 unspecified atom stereocenters. The summed E-state index contributed by atoms with van der Waals surface area (Å²) in [7, 11) is 0. The molecule has 0 aromatic heterocycles. The summed E-state index contributed by atoms with van der Waals surface area (Å²) in [6.07, 6.45) is 9.08. The number of hydrogen-bond acceptors (Lipinski definition) is 3. The van der Waals surface area contributed by atoms with E-state index in [0.29, 0.717) is 32.2 Å². The number of hydrogen-bond donors (Lipinski definition) is 2. The van der Waals surface area contributed by atoms with Crippen molar-refractivity contribution in [3.8, 4) is 0 Å². The van der Waals surface area contributed by atoms with E-state index in [1.807, 2.05) is 4.90 Å². The van der Waals surface area contributed by atoms with Crippen molar-refractivity contribution in [2.75, 3.05) is 26.2 Å². The zero-order chi connectivity index (χ0) is 23.9. The summed E-state index contributed by atoms with van der Waals surface area (Å²) in [5, 5.41) is 6.34. The quantitative estimate of drug-likeness (QED) is 0.690. The number of nitrogens with zero attached hydrogens (tertiary/aromatic N) is 2. The molecule has 186 valence electrons. The summed E-state index contributed by atoms with van der Waals surface area (Å²) < 4.78 is 13.1. The van der Waals surface area contributed by atoms with Gasteiger partial charge in [-0.3, -0.25) is 9.59 Å². The number of urea groups is 1. The molecule has 1 aliphatic carbocycles. The Balaban J connectivity index is 1.19. The number of piperidine rings is 2. The maximum atomic E-state index is 13.1. The van der Waals surface area contributed by atoms with Crippen LogP contribution in [-0.4, -0.2) is 65.9 Å². The summed E-state index contributed by atoms with van der Waals surface area (Å²) in [6, 6.07) is 6.38. The molecule has 1 saturated carbocycles. The summed E-state index contributed by atoms with van der Waals surface area (Å²) in [4.78, 5) is 41.8. The van der Waals surface area contributed by atoms with Gasteiger partial charge in [-0.2, -0.15) is 0 Å². The van der Waals surface area contributed by atoms with E-state index >= 15 is 0 Å². The third-order valence-electron chi connectivity index (χ3n) is 7.47. The van der Waals surface area contributed by atoms with Gasteiger partial charge in [-0.15, -0.1) is 0 Å². The molecular weight excluding hydrogens is 435 g/mol. The minimum atomic E-state index is -0.318. The SMILES string of the molecule is O=C(NC1CCN(C(=O)NC2CCCCC2)CC1)C1CCCN(C(=O)Cc2ccc(F)cc2)C1. The molecule has 4 amide bonds. The van der Waals surface area contributed by atoms with Crippen molar-refractivity contribution in [1.29, 1.82) is 0 Å². The standard InChI is InChI=1S/C26H37FN4O3/c27-21-10-8-19(9-11-21)17-24(32)31-14-4-5-20(18-31)25(33)28-23-12-15-30(16-13-23)26(34)29-22-6-2-1-3-7-22/h8-11,20,22-23H,1-7,12-18H2,(H,28,33)(H,29,34). The van der Waals surface area contributed by atoms with Crippen molar-refractivity contribution >= 4 is 17.8 Å². The van der Waals surface area contributed by atoms with E-state index in [-0.39, 0.29) is 42.0 Å². The molecule has 4 rings (SSSR count). The highest BCUT2D eigenvalue weighted by molar-refractivity contribution is 5.82. The van der Waals surface area contributed by atoms with E-state index in [0.717, 1.165) is 44.1 Å². The Morgan fingerprint density at radius 3 is 2.18 bits per heavy atom. The number of rotatable bonds is 5. The maximum absolute atomic E-state index is 13.1. The van der Waals surface area contributed by atoms with Gasteiger partial charge in [0, 0.05) is 38.3 Å². The first-order valence-corrected chi connectivity index (χ1v) is 12.9. The van der Waals surface area contributed by atoms with Crippen LogP contribution >= 0.6 is 0 Å². The molecule has 2 aliphatic heterocycles. The number of nitrogens with one attached hydrogen (secondary N) is 2. The Morgan fingerprint density at radius 2 is 1.47 bits per heavy atom. The van der Waals surface area contributed by atoms with Gasteiger partial charge in [-0.25, -0.2) is 9.18 Å². The number of carbonyl (C=O) groups excluding carboxylic acids is 3. The van der Waals surface area contributed by atoms with Gasteiger partial charge in [0.25, 0.3) is 0 Å². The third kappa shape index (κ3) is 6.70. The van der Waals surface area contributed by atoms with Gasteiger partial charge in [0.05, 0.1) is 12.3 Å². The highest BCUT2D eigenvalue weighted by Gasteiger charge is 2.31. The lowest BCUT2D eigenvalue weighted by molar-refractivity contribution is -0.135. The first kappa shape index (κ1) is 24.5. The molecule has 0 spiro atoms. The first-order valence-electron chi connectivity index (χ1n) is 12.9. The predicted molar refractivity (Wildman–Crippen MR) is 128 cm³/mol. The second kappa shape index (κ2) is 11.7. The van der Waals surface area contributed by atoms with Gasteiger partial charge >= 0.3 is 6.03 Å². The molecule has 0 bridgehead atoms. The molecule has 3 aliphatic rings. The van der Waals surface area contributed by atoms with Crippen LogP contribution in [0.1, 0.15) is 63.4 Å². The number of carbonyl (C=O) groups is 3. The Morgan fingerprint density at radius 1 is 0.794 bits per heavy atom. The number of halogens is 1. The predicted octanol–water partition coefficient (Wildman–Crippen LogP) is 3.23. The highest BCUT2D eigenvalue weighted by Crippen LogP contribution is 2.21. The van der Waals surface area contributed by atoms with Crippen LogP contribution in [0.25, 0.3) is 0 Å². The molecule has 2 N–H and O–H groups in total. The Kier molecular flexibility index (Phi) is 8.40. The zero-order valence-electron chi connectivity index (χ0n) is 19.9. The van der Waals surface area contributed by atoms with Crippen molar-refractivity contribution in [3.05, 3.63) is 35.6 Å². The van der Waals surface area contributed by atoms with Crippen molar-refractivity contribution < 1.29 is 18.8 Å². The van der Waals surface area contributed by atoms with Gasteiger partial charge in [0.2, 0.25) is 11.8 Å². The number of amides is 4. The highest BCUT2D eigenvalue weighted by atomic mass is 19.1. The lowest BCUT2D eigenvalue weighted by Crippen LogP contribution is -2.53. The molecule has 1 atom stereocenters. The number of likely N-dealkylation sites (tertiary alicyclic amines) is 2. The van der Waals surface area contributed by atoms with Crippen LogP contribution in [0.15, 0.2) is 24.3 Å². The molecule has 2 saturated heterocycles. The zero-order valence-corrected chi connectivity index (χ0v) is 19.9. The van der Waals surface area contributed by atoms with Crippen LogP contribution in [0.4, 0.5) is 9.18 Å². The largest absolute Gasteiger partial charge is 0.353 e. The van der Waals surface area contributed by atoms with Gasteiger partial charge < -0.3 is 20.4 Å². The van der Waals surface area contributed by atoms with Crippen molar-refractivity contribution in [2.24, 2.45) is 5.92 Å². The molecule has 34 heavy (non-hydrogen) atoms. The van der Waals surface area contributed by atoms with Crippen molar-refractivity contribution in [3.63, 3.8) is 0 Å². The van der Waals surface area contributed by atoms with E-state index in [1.54, 1.807) is 17.0 Å². The Hall–Kier alpha value is -2.64. The fourth-order valence-electron chi connectivity index (χ4n) is 5.37. The minimum absolute atomic E-state index is 0.00406. The monoisotopic (exact) mass is 472 g/mol. The van der Waals surface area contributed by atoms with E-state index in [2.05, 4.69) is 10.6 Å². The maximum Gasteiger partial charge on any atom is 0.317 e. The van der Waals surface area contributed by atoms with Gasteiger partial charge in [-0.1, -0.05) is 31.4 Å². The average Bonchev–Trinajstić information content (AvgIpc) is 2.86. The van der Waals surface area contributed by atoms with E-state index in [1.165, 1.54) is 31.4 Å². The van der Waals surface area contributed by atoms with Crippen LogP contribution < -0.4 is 10.6 Å². The molecule has 1 aromatic rings. The summed E-state index contributed by atoms with van der Waals surface area (Å²) in [5.74, 6) is -0.550. The molecule has 2 heterocycles. The van der Waals surface area contributed by atoms with Crippen LogP contribution in [0.5, 0.6) is 0 Å². The van der Waals surface area contributed by atoms with E-state index in [9.17, 15) is 18.8 Å². The summed E-state index contributed by atoms with van der Waals surface area (Å²) in [6.45, 7) is 2.37. The van der Waals surface area contributed by atoms with Crippen LogP contribution in [0.3, 0.4) is 0 Å². The second-order valence-electron chi connectivity index (χ2n) is 10.0. The molecule has 3 fully saturated rings. The van der Waals surface area contributed by atoms with Gasteiger partial charge in [-0.05, 0) is 56.2 Å².